The van der Waals surface area contributed by atoms with Crippen molar-refractivity contribution in [2.45, 2.75) is 19.9 Å². The summed E-state index contributed by atoms with van der Waals surface area (Å²) in [7, 11) is 0. The van der Waals surface area contributed by atoms with Crippen molar-refractivity contribution in [3.63, 3.8) is 0 Å². The van der Waals surface area contributed by atoms with Crippen LogP contribution in [-0.2, 0) is 0 Å². The molecule has 0 heterocycles. The van der Waals surface area contributed by atoms with Crippen LogP contribution in [0.15, 0.2) is 18.2 Å². The molecule has 14 heavy (non-hydrogen) atoms. The number of anilines is 1. The van der Waals surface area contributed by atoms with Gasteiger partial charge < -0.3 is 16.2 Å². The summed E-state index contributed by atoms with van der Waals surface area (Å²) in [5.41, 5.74) is 6.12. The van der Waals surface area contributed by atoms with Gasteiger partial charge in [-0.15, -0.1) is 0 Å². The molecular formula is C10H14N2O2. The van der Waals surface area contributed by atoms with Crippen LogP contribution >= 0.6 is 0 Å². The van der Waals surface area contributed by atoms with Crippen LogP contribution in [-0.4, -0.2) is 17.1 Å². The lowest BCUT2D eigenvalue weighted by atomic mass is 10.1. The number of nitrogens with two attached hydrogens (primary N) is 1. The zero-order chi connectivity index (χ0) is 10.7. The first-order valence-corrected chi connectivity index (χ1v) is 4.40. The van der Waals surface area contributed by atoms with Gasteiger partial charge in [-0.25, -0.2) is 0 Å². The summed E-state index contributed by atoms with van der Waals surface area (Å²) in [4.78, 5) is 11.5. The summed E-state index contributed by atoms with van der Waals surface area (Å²) in [6, 6.07) is 4.47. The third kappa shape index (κ3) is 2.39. The predicted octanol–water partition coefficient (Wildman–Crippen LogP) is 1.11. The molecule has 0 radical (unpaired) electrons. The fourth-order valence-electron chi connectivity index (χ4n) is 1.04. The Morgan fingerprint density at radius 2 is 2.14 bits per heavy atom. The lowest BCUT2D eigenvalue weighted by molar-refractivity contribution is 0.0943. The van der Waals surface area contributed by atoms with Crippen LogP contribution in [0.4, 0.5) is 5.69 Å². The van der Waals surface area contributed by atoms with Crippen molar-refractivity contribution in [2.75, 3.05) is 5.73 Å². The Labute approximate surface area is 82.7 Å². The van der Waals surface area contributed by atoms with E-state index < -0.39 is 0 Å². The number of benzene rings is 1. The molecule has 4 N–H and O–H groups in total. The minimum atomic E-state index is -0.188. The van der Waals surface area contributed by atoms with Crippen LogP contribution in [0.1, 0.15) is 24.2 Å². The number of hydrogen-bond donors (Lipinski definition) is 3. The average molecular weight is 194 g/mol. The lowest BCUT2D eigenvalue weighted by Gasteiger charge is -2.08. The fraction of sp³-hybridized carbons (Fsp3) is 0.300. The summed E-state index contributed by atoms with van der Waals surface area (Å²) >= 11 is 0. The van der Waals surface area contributed by atoms with E-state index in [4.69, 9.17) is 10.8 Å². The highest BCUT2D eigenvalue weighted by Crippen LogP contribution is 2.20. The zero-order valence-electron chi connectivity index (χ0n) is 8.24. The maximum Gasteiger partial charge on any atom is 0.251 e. The Kier molecular flexibility index (Phi) is 2.96. The van der Waals surface area contributed by atoms with Gasteiger partial charge in [-0.2, -0.15) is 0 Å². The molecule has 0 aliphatic carbocycles. The highest BCUT2D eigenvalue weighted by Gasteiger charge is 2.08. The summed E-state index contributed by atoms with van der Waals surface area (Å²) < 4.78 is 0. The summed E-state index contributed by atoms with van der Waals surface area (Å²) in [6.45, 7) is 3.75. The maximum atomic E-state index is 11.5. The number of phenols is 1. The van der Waals surface area contributed by atoms with E-state index in [1.54, 1.807) is 0 Å². The Hall–Kier alpha value is -1.71. The fourth-order valence-corrected chi connectivity index (χ4v) is 1.04. The third-order valence-electron chi connectivity index (χ3n) is 1.71. The second-order valence-electron chi connectivity index (χ2n) is 3.40. The second-order valence-corrected chi connectivity index (χ2v) is 3.40. The minimum absolute atomic E-state index is 0.00824. The predicted molar refractivity (Wildman–Crippen MR) is 55.1 cm³/mol. The van der Waals surface area contributed by atoms with Crippen LogP contribution in [0.5, 0.6) is 5.75 Å². The molecule has 1 amide bonds. The van der Waals surface area contributed by atoms with E-state index in [0.717, 1.165) is 0 Å². The number of nitrogen functional groups attached to an aromatic ring is 1. The molecule has 1 aromatic carbocycles. The summed E-state index contributed by atoms with van der Waals surface area (Å²) in [5.74, 6) is -0.196. The third-order valence-corrected chi connectivity index (χ3v) is 1.71. The summed E-state index contributed by atoms with van der Waals surface area (Å²) in [6.07, 6.45) is 0. The van der Waals surface area contributed by atoms with E-state index in [1.807, 2.05) is 13.8 Å². The molecule has 0 atom stereocenters. The Morgan fingerprint density at radius 1 is 1.50 bits per heavy atom. The Morgan fingerprint density at radius 3 is 2.64 bits per heavy atom. The van der Waals surface area contributed by atoms with Crippen molar-refractivity contribution in [1.29, 1.82) is 0 Å². The molecule has 1 aromatic rings. The van der Waals surface area contributed by atoms with Gasteiger partial charge in [-0.3, -0.25) is 4.79 Å². The number of carbonyl (C=O) groups excluding carboxylic acids is 1. The van der Waals surface area contributed by atoms with Gasteiger partial charge in [0, 0.05) is 11.6 Å². The first-order valence-electron chi connectivity index (χ1n) is 4.40. The maximum absolute atomic E-state index is 11.5. The van der Waals surface area contributed by atoms with Gasteiger partial charge in [0.05, 0.1) is 5.69 Å². The van der Waals surface area contributed by atoms with E-state index in [1.165, 1.54) is 18.2 Å². The molecule has 4 heteroatoms. The van der Waals surface area contributed by atoms with E-state index in [9.17, 15) is 4.79 Å². The van der Waals surface area contributed by atoms with Crippen molar-refractivity contribution in [3.05, 3.63) is 23.8 Å². The molecule has 4 nitrogen and oxygen atoms in total. The highest BCUT2D eigenvalue weighted by molar-refractivity contribution is 5.95. The molecule has 0 aliphatic heterocycles. The molecule has 0 aromatic heterocycles. The average Bonchev–Trinajstić information content (AvgIpc) is 2.08. The van der Waals surface area contributed by atoms with Crippen molar-refractivity contribution >= 4 is 11.6 Å². The molecule has 0 spiro atoms. The van der Waals surface area contributed by atoms with E-state index >= 15 is 0 Å². The number of nitrogens with one attached hydrogen (secondary N) is 1. The quantitative estimate of drug-likeness (QED) is 0.487. The largest absolute Gasteiger partial charge is 0.506 e. The second kappa shape index (κ2) is 4.00. The van der Waals surface area contributed by atoms with E-state index in [0.29, 0.717) is 5.56 Å². The molecule has 0 saturated heterocycles. The number of amides is 1. The molecule has 0 unspecified atom stereocenters. The Bertz CT molecular complexity index is 348. The number of aromatic hydroxyl groups is 1. The van der Waals surface area contributed by atoms with Gasteiger partial charge >= 0.3 is 0 Å². The Balaban J connectivity index is 2.86. The van der Waals surface area contributed by atoms with Gasteiger partial charge in [-0.05, 0) is 32.0 Å². The highest BCUT2D eigenvalue weighted by atomic mass is 16.3. The van der Waals surface area contributed by atoms with Gasteiger partial charge in [0.2, 0.25) is 0 Å². The first kappa shape index (κ1) is 10.4. The molecular weight excluding hydrogens is 180 g/mol. The SMILES string of the molecule is CC(C)NC(=O)c1ccc(O)c(N)c1. The number of hydrogen-bond acceptors (Lipinski definition) is 3. The van der Waals surface area contributed by atoms with Crippen LogP contribution in [0.25, 0.3) is 0 Å². The number of rotatable bonds is 2. The van der Waals surface area contributed by atoms with Crippen molar-refractivity contribution in [2.24, 2.45) is 0 Å². The number of carbonyl (C=O) groups is 1. The van der Waals surface area contributed by atoms with Crippen LogP contribution in [0, 0.1) is 0 Å². The smallest absolute Gasteiger partial charge is 0.251 e. The monoisotopic (exact) mass is 194 g/mol. The van der Waals surface area contributed by atoms with Gasteiger partial charge in [0.25, 0.3) is 5.91 Å². The van der Waals surface area contributed by atoms with Crippen LogP contribution in [0.2, 0.25) is 0 Å². The lowest BCUT2D eigenvalue weighted by Crippen LogP contribution is -2.30. The molecule has 0 saturated carbocycles. The van der Waals surface area contributed by atoms with E-state index in [-0.39, 0.29) is 23.4 Å². The van der Waals surface area contributed by atoms with Crippen molar-refractivity contribution in [3.8, 4) is 5.75 Å². The zero-order valence-corrected chi connectivity index (χ0v) is 8.24. The topological polar surface area (TPSA) is 75.3 Å². The standard InChI is InChI=1S/C10H14N2O2/c1-6(2)12-10(14)7-3-4-9(13)8(11)5-7/h3-6,13H,11H2,1-2H3,(H,12,14). The molecule has 0 bridgehead atoms. The molecule has 0 aliphatic rings. The van der Waals surface area contributed by atoms with Crippen molar-refractivity contribution in [1.82, 2.24) is 5.32 Å². The molecule has 76 valence electrons. The first-order chi connectivity index (χ1) is 6.50. The molecule has 1 rings (SSSR count). The summed E-state index contributed by atoms with van der Waals surface area (Å²) in [5, 5.41) is 11.9. The van der Waals surface area contributed by atoms with Gasteiger partial charge in [0.15, 0.2) is 0 Å². The minimum Gasteiger partial charge on any atom is -0.506 e. The van der Waals surface area contributed by atoms with E-state index in [2.05, 4.69) is 5.32 Å². The van der Waals surface area contributed by atoms with Gasteiger partial charge in [-0.1, -0.05) is 0 Å². The number of phenolic OH excluding ortho intramolecular Hbond substituents is 1. The van der Waals surface area contributed by atoms with Crippen molar-refractivity contribution < 1.29 is 9.90 Å². The van der Waals surface area contributed by atoms with Gasteiger partial charge in [0.1, 0.15) is 5.75 Å². The van der Waals surface area contributed by atoms with Crippen LogP contribution < -0.4 is 11.1 Å². The normalized spacial score (nSPS) is 10.2. The van der Waals surface area contributed by atoms with Crippen LogP contribution in [0.3, 0.4) is 0 Å². The molecule has 0 fully saturated rings.